The van der Waals surface area contributed by atoms with Crippen molar-refractivity contribution in [2.45, 2.75) is 91.1 Å². The average Bonchev–Trinajstić information content (AvgIpc) is 3.33. The van der Waals surface area contributed by atoms with Crippen LogP contribution >= 0.6 is 0 Å². The minimum absolute atomic E-state index is 0.0177. The average molecular weight is 670 g/mol. The van der Waals surface area contributed by atoms with Crippen LogP contribution in [0, 0.1) is 10.8 Å². The quantitative estimate of drug-likeness (QED) is 0.196. The Morgan fingerprint density at radius 3 is 2.41 bits per heavy atom. The molecule has 3 aliphatic rings. The van der Waals surface area contributed by atoms with Gasteiger partial charge in [0.2, 0.25) is 0 Å². The molecule has 2 amide bonds. The molecule has 49 heavy (non-hydrogen) atoms. The summed E-state index contributed by atoms with van der Waals surface area (Å²) in [5, 5.41) is 14.9. The highest BCUT2D eigenvalue weighted by Crippen LogP contribution is 2.53. The molecule has 1 saturated carbocycles. The van der Waals surface area contributed by atoms with Gasteiger partial charge < -0.3 is 30.0 Å². The predicted octanol–water partition coefficient (Wildman–Crippen LogP) is 6.65. The normalized spacial score (nSPS) is 26.2. The molecule has 2 saturated heterocycles. The monoisotopic (exact) mass is 669 g/mol. The fraction of sp³-hybridized carbons (Fsp3) is 0.500. The number of amides is 2. The SMILES string of the molecule is CCOC(=O)CNC(=O)NCc1cccc(-c2ccc([C@H]3O[C@@H](CN4CC5(C)CC4CC(C)(C)C5)C[C@@H](c4ccc(CO)cc4)O3)cc2)c1. The van der Waals surface area contributed by atoms with E-state index in [4.69, 9.17) is 14.2 Å². The van der Waals surface area contributed by atoms with Crippen LogP contribution in [0.15, 0.2) is 72.8 Å². The maximum Gasteiger partial charge on any atom is 0.325 e. The van der Waals surface area contributed by atoms with Gasteiger partial charge in [0.15, 0.2) is 6.29 Å². The Morgan fingerprint density at radius 1 is 0.918 bits per heavy atom. The number of hydrogen-bond acceptors (Lipinski definition) is 7. The molecule has 2 unspecified atom stereocenters. The molecule has 0 aromatic heterocycles. The van der Waals surface area contributed by atoms with Crippen molar-refractivity contribution in [3.8, 4) is 11.1 Å². The molecule has 262 valence electrons. The summed E-state index contributed by atoms with van der Waals surface area (Å²) in [4.78, 5) is 26.3. The van der Waals surface area contributed by atoms with Gasteiger partial charge in [-0.05, 0) is 70.9 Å². The Kier molecular flexibility index (Phi) is 10.7. The largest absolute Gasteiger partial charge is 0.465 e. The molecule has 3 aromatic carbocycles. The number of likely N-dealkylation sites (tertiary alicyclic amines) is 1. The summed E-state index contributed by atoms with van der Waals surface area (Å²) in [6, 6.07) is 24.6. The van der Waals surface area contributed by atoms with Crippen molar-refractivity contribution >= 4 is 12.0 Å². The van der Waals surface area contributed by atoms with Crippen molar-refractivity contribution in [2.75, 3.05) is 26.2 Å². The summed E-state index contributed by atoms with van der Waals surface area (Å²) < 4.78 is 18.3. The Morgan fingerprint density at radius 2 is 1.67 bits per heavy atom. The number of urea groups is 1. The van der Waals surface area contributed by atoms with Crippen LogP contribution in [-0.4, -0.2) is 60.4 Å². The van der Waals surface area contributed by atoms with Crippen LogP contribution in [0.2, 0.25) is 0 Å². The molecular weight excluding hydrogens is 618 g/mol. The van der Waals surface area contributed by atoms with Crippen molar-refractivity contribution < 1.29 is 28.9 Å². The van der Waals surface area contributed by atoms with Gasteiger partial charge in [0, 0.05) is 37.7 Å². The molecule has 6 rings (SSSR count). The highest BCUT2D eigenvalue weighted by molar-refractivity contribution is 5.80. The standard InChI is InChI=1S/C40H51N3O6/c1-5-47-36(45)22-42-38(46)41-21-28-7-6-8-32(17-28)29-13-15-31(16-14-29)37-48-34(18-35(49-37)30-11-9-27(24-44)10-12-30)23-43-26-40(4)20-33(43)19-39(2,3)25-40/h6-17,33-35,37,44H,5,18-26H2,1-4H3,(H2,41,42,46)/t33?,34-,35+,37+,40?/m1/s1. The van der Waals surface area contributed by atoms with E-state index in [1.165, 1.54) is 19.3 Å². The number of rotatable bonds is 11. The second-order valence-corrected chi connectivity index (χ2v) is 15.2. The summed E-state index contributed by atoms with van der Waals surface area (Å²) in [5.41, 5.74) is 6.68. The number of nitrogens with zero attached hydrogens (tertiary/aromatic N) is 1. The summed E-state index contributed by atoms with van der Waals surface area (Å²) in [6.07, 6.45) is 3.92. The molecular formula is C40H51N3O6. The Hall–Kier alpha value is -3.76. The molecule has 3 aromatic rings. The van der Waals surface area contributed by atoms with E-state index >= 15 is 0 Å². The van der Waals surface area contributed by atoms with E-state index in [1.54, 1.807) is 6.92 Å². The predicted molar refractivity (Wildman–Crippen MR) is 188 cm³/mol. The fourth-order valence-electron chi connectivity index (χ4n) is 8.39. The lowest BCUT2D eigenvalue weighted by Crippen LogP contribution is -2.42. The van der Waals surface area contributed by atoms with Crippen LogP contribution in [0.4, 0.5) is 4.79 Å². The molecule has 0 spiro atoms. The molecule has 2 aliphatic heterocycles. The lowest BCUT2D eigenvalue weighted by atomic mass is 9.65. The van der Waals surface area contributed by atoms with Gasteiger partial charge in [0.1, 0.15) is 6.54 Å². The molecule has 2 heterocycles. The van der Waals surface area contributed by atoms with Gasteiger partial charge in [-0.2, -0.15) is 0 Å². The van der Waals surface area contributed by atoms with Crippen molar-refractivity contribution in [1.29, 1.82) is 0 Å². The number of aliphatic hydroxyl groups is 1. The molecule has 3 N–H and O–H groups in total. The summed E-state index contributed by atoms with van der Waals surface area (Å²) in [5.74, 6) is -0.470. The maximum atomic E-state index is 12.2. The highest BCUT2D eigenvalue weighted by Gasteiger charge is 2.50. The molecule has 5 atom stereocenters. The number of ether oxygens (including phenoxy) is 3. The fourth-order valence-corrected chi connectivity index (χ4v) is 8.39. The van der Waals surface area contributed by atoms with Gasteiger partial charge in [-0.1, -0.05) is 87.5 Å². The van der Waals surface area contributed by atoms with Crippen molar-refractivity contribution in [3.63, 3.8) is 0 Å². The first-order valence-electron chi connectivity index (χ1n) is 17.6. The molecule has 9 heteroatoms. The van der Waals surface area contributed by atoms with Crippen LogP contribution in [0.3, 0.4) is 0 Å². The van der Waals surface area contributed by atoms with Gasteiger partial charge in [-0.25, -0.2) is 4.79 Å². The van der Waals surface area contributed by atoms with Crippen molar-refractivity contribution in [2.24, 2.45) is 10.8 Å². The number of esters is 1. The topological polar surface area (TPSA) is 109 Å². The minimum atomic E-state index is -0.507. The van der Waals surface area contributed by atoms with E-state index in [0.717, 1.165) is 52.9 Å². The third-order valence-electron chi connectivity index (χ3n) is 10.2. The molecule has 1 aliphatic carbocycles. The first-order valence-corrected chi connectivity index (χ1v) is 17.6. The molecule has 9 nitrogen and oxygen atoms in total. The smallest absolute Gasteiger partial charge is 0.325 e. The van der Waals surface area contributed by atoms with Crippen LogP contribution in [0.25, 0.3) is 11.1 Å². The van der Waals surface area contributed by atoms with Gasteiger partial charge in [0.05, 0.1) is 25.4 Å². The van der Waals surface area contributed by atoms with E-state index in [2.05, 4.69) is 72.7 Å². The number of aliphatic hydroxyl groups excluding tert-OH is 1. The van der Waals surface area contributed by atoms with E-state index in [9.17, 15) is 14.7 Å². The number of fused-ring (bicyclic) bond motifs is 2. The maximum absolute atomic E-state index is 12.2. The van der Waals surface area contributed by atoms with Crippen LogP contribution in [0.1, 0.15) is 88.0 Å². The van der Waals surface area contributed by atoms with E-state index < -0.39 is 18.3 Å². The first kappa shape index (κ1) is 35.1. The van der Waals surface area contributed by atoms with Crippen LogP contribution in [-0.2, 0) is 32.2 Å². The highest BCUT2D eigenvalue weighted by atomic mass is 16.7. The van der Waals surface area contributed by atoms with E-state index in [1.807, 2.05) is 36.4 Å². The lowest BCUT2D eigenvalue weighted by Gasteiger charge is -2.41. The zero-order valence-corrected chi connectivity index (χ0v) is 29.2. The number of carbonyl (C=O) groups excluding carboxylic acids is 2. The zero-order valence-electron chi connectivity index (χ0n) is 29.2. The van der Waals surface area contributed by atoms with Crippen LogP contribution < -0.4 is 10.6 Å². The number of benzene rings is 3. The summed E-state index contributed by atoms with van der Waals surface area (Å²) in [7, 11) is 0. The van der Waals surface area contributed by atoms with Gasteiger partial charge >= 0.3 is 12.0 Å². The van der Waals surface area contributed by atoms with Gasteiger partial charge in [0.25, 0.3) is 0 Å². The number of carbonyl (C=O) groups is 2. The van der Waals surface area contributed by atoms with E-state index in [0.29, 0.717) is 23.4 Å². The second kappa shape index (κ2) is 15.0. The zero-order chi connectivity index (χ0) is 34.6. The first-order chi connectivity index (χ1) is 23.5. The number of nitrogens with one attached hydrogen (secondary N) is 2. The van der Waals surface area contributed by atoms with E-state index in [-0.39, 0.29) is 32.0 Å². The van der Waals surface area contributed by atoms with Crippen molar-refractivity contribution in [3.05, 3.63) is 95.1 Å². The summed E-state index contributed by atoms with van der Waals surface area (Å²) in [6.45, 7) is 11.5. The van der Waals surface area contributed by atoms with Gasteiger partial charge in [-0.15, -0.1) is 0 Å². The lowest BCUT2D eigenvalue weighted by molar-refractivity contribution is -0.253. The molecule has 0 radical (unpaired) electrons. The third-order valence-corrected chi connectivity index (χ3v) is 10.2. The molecule has 2 bridgehead atoms. The Labute approximate surface area is 290 Å². The number of hydrogen-bond donors (Lipinski definition) is 3. The third kappa shape index (κ3) is 8.89. The minimum Gasteiger partial charge on any atom is -0.465 e. The summed E-state index contributed by atoms with van der Waals surface area (Å²) >= 11 is 0. The van der Waals surface area contributed by atoms with Crippen molar-refractivity contribution in [1.82, 2.24) is 15.5 Å². The molecule has 3 fully saturated rings. The second-order valence-electron chi connectivity index (χ2n) is 15.2. The van der Waals surface area contributed by atoms with Gasteiger partial charge in [-0.3, -0.25) is 9.69 Å². The Bertz CT molecular complexity index is 1590. The van der Waals surface area contributed by atoms with Crippen LogP contribution in [0.5, 0.6) is 0 Å². The Balaban J connectivity index is 1.14.